The maximum Gasteiger partial charge on any atom is 0.327 e. The van der Waals surface area contributed by atoms with Gasteiger partial charge in [0.15, 0.2) is 11.8 Å². The van der Waals surface area contributed by atoms with Gasteiger partial charge in [0.25, 0.3) is 5.91 Å². The van der Waals surface area contributed by atoms with E-state index in [-0.39, 0.29) is 23.2 Å². The number of nitrogens with zero attached hydrogens (tertiary/aromatic N) is 3. The molecule has 2 aliphatic rings. The minimum atomic E-state index is -1.20. The van der Waals surface area contributed by atoms with Crippen LogP contribution in [0.1, 0.15) is 51.5 Å². The summed E-state index contributed by atoms with van der Waals surface area (Å²) in [5.74, 6) is -1.94. The number of aliphatic carboxylic acids is 1. The molecule has 1 aliphatic heterocycles. The van der Waals surface area contributed by atoms with E-state index in [4.69, 9.17) is 0 Å². The molecule has 1 fully saturated rings. The zero-order valence-corrected chi connectivity index (χ0v) is 17.1. The van der Waals surface area contributed by atoms with E-state index >= 15 is 0 Å². The first-order valence-corrected chi connectivity index (χ1v) is 10.1. The van der Waals surface area contributed by atoms with Gasteiger partial charge in [-0.2, -0.15) is 5.01 Å². The Bertz CT molecular complexity index is 845. The lowest BCUT2D eigenvalue weighted by atomic mass is 9.90. The lowest BCUT2D eigenvalue weighted by Gasteiger charge is -2.48. The molecular formula is C21H28N4O4. The van der Waals surface area contributed by atoms with Crippen molar-refractivity contribution in [3.8, 4) is 0 Å². The number of likely N-dealkylation sites (N-methyl/N-ethyl adjacent to an activating group) is 1. The number of aromatic nitrogens is 1. The summed E-state index contributed by atoms with van der Waals surface area (Å²) in [4.78, 5) is 42.4. The second-order valence-corrected chi connectivity index (χ2v) is 7.59. The molecule has 156 valence electrons. The molecule has 1 aromatic heterocycles. The number of hydrogen-bond donors (Lipinski definition) is 2. The molecule has 0 saturated heterocycles. The van der Waals surface area contributed by atoms with Crippen LogP contribution in [0.2, 0.25) is 0 Å². The predicted octanol–water partition coefficient (Wildman–Crippen LogP) is 2.51. The number of carboxylic acid groups (broad SMARTS) is 1. The van der Waals surface area contributed by atoms with Crippen LogP contribution in [0.15, 0.2) is 29.7 Å². The lowest BCUT2D eigenvalue weighted by molar-refractivity contribution is -0.171. The molecule has 1 unspecified atom stereocenters. The molecule has 2 heterocycles. The summed E-state index contributed by atoms with van der Waals surface area (Å²) >= 11 is 0. The van der Waals surface area contributed by atoms with Crippen LogP contribution < -0.4 is 5.32 Å². The summed E-state index contributed by atoms with van der Waals surface area (Å²) in [5.41, 5.74) is 1.43. The Labute approximate surface area is 170 Å². The van der Waals surface area contributed by atoms with E-state index in [9.17, 15) is 19.5 Å². The number of carbonyl (C=O) groups excluding carboxylic acids is 2. The highest BCUT2D eigenvalue weighted by molar-refractivity contribution is 6.11. The topological polar surface area (TPSA) is 103 Å². The number of nitrogens with one attached hydrogen (secondary N) is 1. The van der Waals surface area contributed by atoms with Crippen LogP contribution in [0.5, 0.6) is 0 Å². The van der Waals surface area contributed by atoms with E-state index in [1.165, 1.54) is 11.9 Å². The molecule has 1 atom stereocenters. The highest BCUT2D eigenvalue weighted by atomic mass is 16.4. The number of rotatable bonds is 6. The number of carbonyl (C=O) groups is 3. The van der Waals surface area contributed by atoms with Gasteiger partial charge < -0.3 is 10.4 Å². The van der Waals surface area contributed by atoms with E-state index in [2.05, 4.69) is 10.3 Å². The van der Waals surface area contributed by atoms with Gasteiger partial charge in [-0.3, -0.25) is 24.4 Å². The second kappa shape index (κ2) is 8.73. The minimum absolute atomic E-state index is 0.000950. The van der Waals surface area contributed by atoms with Gasteiger partial charge in [-0.1, -0.05) is 19.3 Å². The third kappa shape index (κ3) is 4.03. The summed E-state index contributed by atoms with van der Waals surface area (Å²) in [6, 6.07) is 0.502. The molecule has 3 rings (SSSR count). The highest BCUT2D eigenvalue weighted by Gasteiger charge is 2.47. The maximum atomic E-state index is 13.4. The largest absolute Gasteiger partial charge is 0.480 e. The number of hydrogen-bond acceptors (Lipinski definition) is 6. The van der Waals surface area contributed by atoms with Crippen molar-refractivity contribution in [1.29, 1.82) is 0 Å². The van der Waals surface area contributed by atoms with E-state index in [1.807, 2.05) is 13.8 Å². The normalized spacial score (nSPS) is 21.4. The highest BCUT2D eigenvalue weighted by Crippen LogP contribution is 2.34. The Morgan fingerprint density at radius 2 is 1.97 bits per heavy atom. The van der Waals surface area contributed by atoms with Gasteiger partial charge in [0.05, 0.1) is 17.5 Å². The average molecular weight is 400 g/mol. The molecule has 0 spiro atoms. The molecule has 1 aromatic rings. The molecule has 0 radical (unpaired) electrons. The number of aryl methyl sites for hydroxylation is 1. The van der Waals surface area contributed by atoms with Crippen molar-refractivity contribution in [3.05, 3.63) is 35.3 Å². The zero-order valence-electron chi connectivity index (χ0n) is 17.1. The van der Waals surface area contributed by atoms with Gasteiger partial charge in [-0.05, 0) is 45.2 Å². The number of carboxylic acids is 1. The van der Waals surface area contributed by atoms with Crippen LogP contribution in [0, 0.1) is 6.92 Å². The van der Waals surface area contributed by atoms with Crippen LogP contribution >= 0.6 is 0 Å². The minimum Gasteiger partial charge on any atom is -0.480 e. The smallest absolute Gasteiger partial charge is 0.327 e. The lowest BCUT2D eigenvalue weighted by Crippen LogP contribution is -2.64. The summed E-state index contributed by atoms with van der Waals surface area (Å²) in [7, 11) is 0. The van der Waals surface area contributed by atoms with Crippen molar-refractivity contribution in [2.24, 2.45) is 0 Å². The van der Waals surface area contributed by atoms with Crippen molar-refractivity contribution in [1.82, 2.24) is 15.0 Å². The fourth-order valence-corrected chi connectivity index (χ4v) is 4.27. The number of ketones is 1. The van der Waals surface area contributed by atoms with Gasteiger partial charge >= 0.3 is 5.97 Å². The molecule has 2 N–H and O–H groups in total. The first kappa shape index (κ1) is 21.0. The molecule has 8 nitrogen and oxygen atoms in total. The average Bonchev–Trinajstić information content (AvgIpc) is 2.70. The van der Waals surface area contributed by atoms with E-state index < -0.39 is 17.8 Å². The van der Waals surface area contributed by atoms with Crippen molar-refractivity contribution in [3.63, 3.8) is 0 Å². The van der Waals surface area contributed by atoms with Crippen molar-refractivity contribution in [2.75, 3.05) is 11.9 Å². The third-order valence-corrected chi connectivity index (χ3v) is 5.69. The van der Waals surface area contributed by atoms with E-state index in [1.54, 1.807) is 23.5 Å². The van der Waals surface area contributed by atoms with Gasteiger partial charge in [0.1, 0.15) is 5.70 Å². The number of Topliss-reactive ketones (excluding diaryl/α,β-unsaturated/α-hetero) is 1. The fourth-order valence-electron chi connectivity index (χ4n) is 4.27. The van der Waals surface area contributed by atoms with Crippen LogP contribution in [0.25, 0.3) is 0 Å². The first-order valence-electron chi connectivity index (χ1n) is 10.1. The van der Waals surface area contributed by atoms with Gasteiger partial charge in [-0.15, -0.1) is 0 Å². The fraction of sp³-hybridized carbons (Fsp3) is 0.524. The summed E-state index contributed by atoms with van der Waals surface area (Å²) in [5, 5.41) is 16.2. The van der Waals surface area contributed by atoms with Gasteiger partial charge in [0, 0.05) is 18.8 Å². The zero-order chi connectivity index (χ0) is 21.1. The predicted molar refractivity (Wildman–Crippen MR) is 108 cm³/mol. The number of amides is 1. The molecule has 1 amide bonds. The Balaban J connectivity index is 2.14. The monoisotopic (exact) mass is 400 g/mol. The van der Waals surface area contributed by atoms with Crippen molar-refractivity contribution < 1.29 is 19.5 Å². The van der Waals surface area contributed by atoms with Crippen molar-refractivity contribution >= 4 is 23.3 Å². The third-order valence-electron chi connectivity index (χ3n) is 5.69. The molecule has 0 aromatic carbocycles. The van der Waals surface area contributed by atoms with E-state index in [0.29, 0.717) is 12.2 Å². The summed E-state index contributed by atoms with van der Waals surface area (Å²) in [6.07, 6.45) is 7.88. The van der Waals surface area contributed by atoms with Crippen LogP contribution in [0.4, 0.5) is 5.69 Å². The SMILES string of the molecule is CCN1C(=O)C(Nc2cnccc2C)=C(C(C)=O)C(C(=O)O)N1C1CCCCC1. The summed E-state index contributed by atoms with van der Waals surface area (Å²) < 4.78 is 0. The number of anilines is 1. The maximum absolute atomic E-state index is 13.4. The molecule has 1 saturated carbocycles. The first-order chi connectivity index (χ1) is 13.9. The standard InChI is InChI=1S/C21H28N4O4/c1-4-24-20(27)18(23-16-12-22-11-10-13(16)2)17(14(3)26)19(21(28)29)25(24)15-8-6-5-7-9-15/h10-12,15,19,23H,4-9H2,1-3H3,(H,28,29). The Morgan fingerprint density at radius 3 is 2.52 bits per heavy atom. The van der Waals surface area contributed by atoms with Crippen LogP contribution in [-0.2, 0) is 14.4 Å². The summed E-state index contributed by atoms with van der Waals surface area (Å²) in [6.45, 7) is 5.31. The van der Waals surface area contributed by atoms with Crippen LogP contribution in [-0.4, -0.2) is 56.4 Å². The molecule has 1 aliphatic carbocycles. The van der Waals surface area contributed by atoms with E-state index in [0.717, 1.165) is 37.7 Å². The molecule has 0 bridgehead atoms. The number of pyridine rings is 1. The number of hydrazine groups is 1. The Kier molecular flexibility index (Phi) is 6.32. The second-order valence-electron chi connectivity index (χ2n) is 7.59. The van der Waals surface area contributed by atoms with Gasteiger partial charge in [0.2, 0.25) is 0 Å². The Hall–Kier alpha value is -2.74. The van der Waals surface area contributed by atoms with Gasteiger partial charge in [-0.25, -0.2) is 0 Å². The van der Waals surface area contributed by atoms with Crippen molar-refractivity contribution in [2.45, 2.75) is 65.0 Å². The Morgan fingerprint density at radius 1 is 1.28 bits per heavy atom. The molecule has 8 heteroatoms. The molecular weight excluding hydrogens is 372 g/mol. The molecule has 29 heavy (non-hydrogen) atoms. The van der Waals surface area contributed by atoms with Crippen LogP contribution in [0.3, 0.4) is 0 Å². The quantitative estimate of drug-likeness (QED) is 0.756.